The van der Waals surface area contributed by atoms with E-state index in [1.807, 2.05) is 60.1 Å². The molecule has 1 N–H and O–H groups in total. The van der Waals surface area contributed by atoms with Crippen molar-refractivity contribution in [1.29, 1.82) is 0 Å². The molecule has 0 amide bonds. The van der Waals surface area contributed by atoms with Gasteiger partial charge < -0.3 is 19.1 Å². The number of carboxylic acids is 1. The minimum absolute atomic E-state index is 0.0467. The van der Waals surface area contributed by atoms with Crippen molar-refractivity contribution < 1.29 is 19.4 Å². The highest BCUT2D eigenvalue weighted by atomic mass is 32.2. The van der Waals surface area contributed by atoms with Gasteiger partial charge in [0.05, 0.1) is 31.4 Å². The Labute approximate surface area is 161 Å². The van der Waals surface area contributed by atoms with Gasteiger partial charge in [0.2, 0.25) is 0 Å². The van der Waals surface area contributed by atoms with Crippen molar-refractivity contribution in [2.75, 3.05) is 20.0 Å². The molecule has 1 aromatic heterocycles. The van der Waals surface area contributed by atoms with Crippen LogP contribution in [0.1, 0.15) is 0 Å². The van der Waals surface area contributed by atoms with Gasteiger partial charge in [0.15, 0.2) is 5.16 Å². The number of rotatable bonds is 7. The van der Waals surface area contributed by atoms with Crippen LogP contribution in [0, 0.1) is 0 Å². The molecule has 27 heavy (non-hydrogen) atoms. The Hall–Kier alpha value is -2.93. The number of carbonyl (C=O) groups is 1. The number of ether oxygens (including phenoxy) is 2. The third-order valence-electron chi connectivity index (χ3n) is 4.11. The number of thioether (sulfide) groups is 1. The Morgan fingerprint density at radius 3 is 2.00 bits per heavy atom. The normalized spacial score (nSPS) is 10.6. The molecule has 3 rings (SSSR count). The minimum atomic E-state index is -0.875. The average Bonchev–Trinajstić information content (AvgIpc) is 3.02. The number of hydrogen-bond acceptors (Lipinski definition) is 5. The lowest BCUT2D eigenvalue weighted by atomic mass is 10.0. The number of hydrogen-bond donors (Lipinski definition) is 1. The predicted molar refractivity (Wildman–Crippen MR) is 106 cm³/mol. The Kier molecular flexibility index (Phi) is 5.71. The fourth-order valence-corrected chi connectivity index (χ4v) is 3.46. The molecule has 0 saturated carbocycles. The van der Waals surface area contributed by atoms with Crippen LogP contribution in [0.2, 0.25) is 0 Å². The molecule has 0 radical (unpaired) electrons. The largest absolute Gasteiger partial charge is 0.497 e. The molecular formula is C20H20N2O4S. The minimum Gasteiger partial charge on any atom is -0.497 e. The molecule has 3 aromatic rings. The molecule has 0 aliphatic rings. The van der Waals surface area contributed by atoms with Crippen molar-refractivity contribution in [3.8, 4) is 34.0 Å². The summed E-state index contributed by atoms with van der Waals surface area (Å²) in [6.07, 6.45) is 0. The molecule has 0 saturated heterocycles. The van der Waals surface area contributed by atoms with Gasteiger partial charge in [-0.3, -0.25) is 4.79 Å². The summed E-state index contributed by atoms with van der Waals surface area (Å²) in [6, 6.07) is 15.4. The molecule has 0 aliphatic carbocycles. The second kappa shape index (κ2) is 8.18. The predicted octanol–water partition coefficient (Wildman–Crippen LogP) is 3.95. The van der Waals surface area contributed by atoms with E-state index in [4.69, 9.17) is 19.6 Å². The highest BCUT2D eigenvalue weighted by molar-refractivity contribution is 7.99. The standard InChI is InChI=1S/C20H20N2O4S/c1-22-19(14-6-10-16(26-3)11-7-14)18(21-20(22)27-12-17(23)24)13-4-8-15(25-2)9-5-13/h4-11H,12H2,1-3H3,(H,23,24). The monoisotopic (exact) mass is 384 g/mol. The Balaban J connectivity index is 2.10. The Bertz CT molecular complexity index is 934. The maximum absolute atomic E-state index is 11.0. The molecule has 0 bridgehead atoms. The zero-order chi connectivity index (χ0) is 19.4. The van der Waals surface area contributed by atoms with E-state index in [-0.39, 0.29) is 5.75 Å². The van der Waals surface area contributed by atoms with Gasteiger partial charge in [-0.15, -0.1) is 0 Å². The zero-order valence-electron chi connectivity index (χ0n) is 15.3. The molecule has 0 unspecified atom stereocenters. The highest BCUT2D eigenvalue weighted by Gasteiger charge is 2.19. The first-order chi connectivity index (χ1) is 13.0. The SMILES string of the molecule is COc1ccc(-c2nc(SCC(=O)O)n(C)c2-c2ccc(OC)cc2)cc1. The third kappa shape index (κ3) is 4.09. The van der Waals surface area contributed by atoms with Gasteiger partial charge in [-0.2, -0.15) is 0 Å². The van der Waals surface area contributed by atoms with Gasteiger partial charge >= 0.3 is 5.97 Å². The van der Waals surface area contributed by atoms with Crippen molar-refractivity contribution in [2.24, 2.45) is 7.05 Å². The summed E-state index contributed by atoms with van der Waals surface area (Å²) < 4.78 is 12.4. The van der Waals surface area contributed by atoms with Crippen LogP contribution in [-0.4, -0.2) is 40.6 Å². The maximum Gasteiger partial charge on any atom is 0.313 e. The molecule has 0 spiro atoms. The van der Waals surface area contributed by atoms with Crippen LogP contribution in [0.15, 0.2) is 53.7 Å². The summed E-state index contributed by atoms with van der Waals surface area (Å²) in [7, 11) is 5.14. The summed E-state index contributed by atoms with van der Waals surface area (Å²) in [4.78, 5) is 15.7. The molecule has 7 heteroatoms. The first-order valence-electron chi connectivity index (χ1n) is 8.23. The number of aliphatic carboxylic acids is 1. The van der Waals surface area contributed by atoms with Crippen LogP contribution in [-0.2, 0) is 11.8 Å². The van der Waals surface area contributed by atoms with Gasteiger partial charge in [0.1, 0.15) is 11.5 Å². The number of carboxylic acid groups (broad SMARTS) is 1. The van der Waals surface area contributed by atoms with Crippen molar-refractivity contribution >= 4 is 17.7 Å². The van der Waals surface area contributed by atoms with Crippen LogP contribution in [0.5, 0.6) is 11.5 Å². The fourth-order valence-electron chi connectivity index (χ4n) is 2.76. The van der Waals surface area contributed by atoms with Gasteiger partial charge in [-0.05, 0) is 48.5 Å². The van der Waals surface area contributed by atoms with Crippen molar-refractivity contribution in [3.05, 3.63) is 48.5 Å². The fraction of sp³-hybridized carbons (Fsp3) is 0.200. The molecule has 2 aromatic carbocycles. The Morgan fingerprint density at radius 1 is 1.00 bits per heavy atom. The average molecular weight is 384 g/mol. The van der Waals surface area contributed by atoms with E-state index >= 15 is 0 Å². The molecule has 1 heterocycles. The topological polar surface area (TPSA) is 73.6 Å². The zero-order valence-corrected chi connectivity index (χ0v) is 16.1. The summed E-state index contributed by atoms with van der Waals surface area (Å²) in [6.45, 7) is 0. The van der Waals surface area contributed by atoms with Crippen LogP contribution >= 0.6 is 11.8 Å². The van der Waals surface area contributed by atoms with E-state index < -0.39 is 5.97 Å². The third-order valence-corrected chi connectivity index (χ3v) is 5.12. The molecule has 0 aliphatic heterocycles. The summed E-state index contributed by atoms with van der Waals surface area (Å²) >= 11 is 1.20. The molecule has 0 atom stereocenters. The van der Waals surface area contributed by atoms with Crippen molar-refractivity contribution in [3.63, 3.8) is 0 Å². The highest BCUT2D eigenvalue weighted by Crippen LogP contribution is 2.36. The number of methoxy groups -OCH3 is 2. The quantitative estimate of drug-likeness (QED) is 0.622. The maximum atomic E-state index is 11.0. The van der Waals surface area contributed by atoms with Crippen molar-refractivity contribution in [1.82, 2.24) is 9.55 Å². The van der Waals surface area contributed by atoms with Crippen LogP contribution in [0.4, 0.5) is 0 Å². The second-order valence-corrected chi connectivity index (χ2v) is 6.73. The van der Waals surface area contributed by atoms with Crippen LogP contribution in [0.3, 0.4) is 0 Å². The van der Waals surface area contributed by atoms with E-state index in [2.05, 4.69) is 0 Å². The first kappa shape index (κ1) is 18.8. The lowest BCUT2D eigenvalue weighted by Crippen LogP contribution is -2.01. The van der Waals surface area contributed by atoms with Gasteiger partial charge in [0.25, 0.3) is 0 Å². The number of benzene rings is 2. The van der Waals surface area contributed by atoms with E-state index in [9.17, 15) is 4.79 Å². The smallest absolute Gasteiger partial charge is 0.313 e. The van der Waals surface area contributed by atoms with Gasteiger partial charge in [-0.1, -0.05) is 11.8 Å². The van der Waals surface area contributed by atoms with E-state index in [1.54, 1.807) is 14.2 Å². The van der Waals surface area contributed by atoms with E-state index in [1.165, 1.54) is 11.8 Å². The Morgan fingerprint density at radius 2 is 1.52 bits per heavy atom. The molecular weight excluding hydrogens is 364 g/mol. The summed E-state index contributed by atoms with van der Waals surface area (Å²) in [5.41, 5.74) is 3.60. The first-order valence-corrected chi connectivity index (χ1v) is 9.22. The second-order valence-electron chi connectivity index (χ2n) is 5.79. The summed E-state index contributed by atoms with van der Waals surface area (Å²) in [5, 5.41) is 9.65. The molecule has 6 nitrogen and oxygen atoms in total. The lowest BCUT2D eigenvalue weighted by Gasteiger charge is -2.09. The molecule has 140 valence electrons. The van der Waals surface area contributed by atoms with Crippen LogP contribution in [0.25, 0.3) is 22.5 Å². The van der Waals surface area contributed by atoms with Crippen LogP contribution < -0.4 is 9.47 Å². The van der Waals surface area contributed by atoms with Crippen molar-refractivity contribution in [2.45, 2.75) is 5.16 Å². The molecule has 0 fully saturated rings. The lowest BCUT2D eigenvalue weighted by molar-refractivity contribution is -0.133. The van der Waals surface area contributed by atoms with Gasteiger partial charge in [0, 0.05) is 18.2 Å². The van der Waals surface area contributed by atoms with E-state index in [0.29, 0.717) is 5.16 Å². The number of aromatic nitrogens is 2. The summed E-state index contributed by atoms with van der Waals surface area (Å²) in [5.74, 6) is 0.614. The van der Waals surface area contributed by atoms with Gasteiger partial charge in [-0.25, -0.2) is 4.98 Å². The van der Waals surface area contributed by atoms with E-state index in [0.717, 1.165) is 34.0 Å². The number of nitrogens with zero attached hydrogens (tertiary/aromatic N) is 2. The number of imidazole rings is 1.